The van der Waals surface area contributed by atoms with E-state index in [2.05, 4.69) is 10.3 Å². The first-order valence-corrected chi connectivity index (χ1v) is 3.76. The van der Waals surface area contributed by atoms with Crippen molar-refractivity contribution in [2.75, 3.05) is 13.7 Å². The van der Waals surface area contributed by atoms with E-state index in [4.69, 9.17) is 0 Å². The van der Waals surface area contributed by atoms with Gasteiger partial charge in [-0.25, -0.2) is 0 Å². The third kappa shape index (κ3) is 17.9. The van der Waals surface area contributed by atoms with Gasteiger partial charge in [0.2, 0.25) is 0 Å². The van der Waals surface area contributed by atoms with Crippen LogP contribution < -0.4 is 15.5 Å². The first-order valence-electron chi connectivity index (χ1n) is 2.30. The molecule has 9 heavy (non-hydrogen) atoms. The molecule has 0 spiro atoms. The first-order chi connectivity index (χ1) is 4.06. The summed E-state index contributed by atoms with van der Waals surface area (Å²) in [5, 5.41) is 0. The molecule has 0 atom stereocenters. The van der Waals surface area contributed by atoms with Crippen molar-refractivity contribution in [2.45, 2.75) is 6.92 Å². The average Bonchev–Trinajstić information content (AvgIpc) is 1.69. The minimum Gasteiger partial charge on any atom is -0.790 e. The average molecular weight is 155 g/mol. The lowest BCUT2D eigenvalue weighted by Gasteiger charge is -2.27. The topological polar surface area (TPSA) is 98.4 Å². The predicted octanol–water partition coefficient (Wildman–Crippen LogP) is -1.57. The van der Waals surface area contributed by atoms with E-state index in [0.717, 1.165) is 0 Å². The van der Waals surface area contributed by atoms with Gasteiger partial charge in [0.1, 0.15) is 0 Å². The molecular weight excluding hydrogens is 145 g/mol. The smallest absolute Gasteiger partial charge is 0.0596 e. The molecule has 58 valence electrons. The van der Waals surface area contributed by atoms with Crippen LogP contribution in [-0.2, 0) is 9.09 Å². The van der Waals surface area contributed by atoms with Gasteiger partial charge in [-0.3, -0.25) is 0 Å². The first kappa shape index (κ1) is 11.8. The third-order valence-corrected chi connectivity index (χ3v) is 0.862. The van der Waals surface area contributed by atoms with Gasteiger partial charge in [0.25, 0.3) is 0 Å². The van der Waals surface area contributed by atoms with Crippen molar-refractivity contribution in [1.82, 2.24) is 0 Å². The van der Waals surface area contributed by atoms with Crippen LogP contribution in [0.25, 0.3) is 0 Å². The highest BCUT2D eigenvalue weighted by Crippen LogP contribution is 2.23. The second kappa shape index (κ2) is 6.19. The van der Waals surface area contributed by atoms with Crippen molar-refractivity contribution >= 4 is 7.82 Å². The molecule has 0 fully saturated rings. The molecule has 5 nitrogen and oxygen atoms in total. The van der Waals surface area contributed by atoms with E-state index >= 15 is 0 Å². The van der Waals surface area contributed by atoms with E-state index < -0.39 is 7.82 Å². The second-order valence-corrected chi connectivity index (χ2v) is 2.02. The SMILES string of the molecule is CCOP(=O)([O-])[O-].CN. The maximum absolute atomic E-state index is 9.48. The Labute approximate surface area is 54.1 Å². The van der Waals surface area contributed by atoms with Gasteiger partial charge in [-0.05, 0) is 14.0 Å². The van der Waals surface area contributed by atoms with Crippen LogP contribution in [0.2, 0.25) is 0 Å². The second-order valence-electron chi connectivity index (χ2n) is 0.865. The van der Waals surface area contributed by atoms with Gasteiger partial charge in [-0.2, -0.15) is 0 Å². The van der Waals surface area contributed by atoms with Crippen LogP contribution in [0, 0.1) is 0 Å². The van der Waals surface area contributed by atoms with Gasteiger partial charge < -0.3 is 24.6 Å². The van der Waals surface area contributed by atoms with Crippen LogP contribution in [0.1, 0.15) is 6.92 Å². The van der Waals surface area contributed by atoms with E-state index in [1.54, 1.807) is 0 Å². The number of hydrogen-bond acceptors (Lipinski definition) is 5. The summed E-state index contributed by atoms with van der Waals surface area (Å²) in [5.74, 6) is 0. The number of nitrogens with two attached hydrogens (primary N) is 1. The molecule has 0 aliphatic carbocycles. The molecule has 2 N–H and O–H groups in total. The Bertz CT molecular complexity index is 89.8. The lowest BCUT2D eigenvalue weighted by atomic mass is 10.9. The highest BCUT2D eigenvalue weighted by Gasteiger charge is 1.81. The van der Waals surface area contributed by atoms with Crippen molar-refractivity contribution in [2.24, 2.45) is 5.73 Å². The molecule has 0 bridgehead atoms. The van der Waals surface area contributed by atoms with Crippen LogP contribution >= 0.6 is 7.82 Å². The van der Waals surface area contributed by atoms with Crippen LogP contribution in [0.5, 0.6) is 0 Å². The standard InChI is InChI=1S/C2H7O4P.CH5N/c1-2-6-7(3,4)5;1-2/h2H2,1H3,(H2,3,4,5);2H2,1H3/p-2. The molecule has 6 heteroatoms. The molecule has 0 heterocycles. The lowest BCUT2D eigenvalue weighted by molar-refractivity contribution is -0.341. The van der Waals surface area contributed by atoms with Crippen molar-refractivity contribution in [3.63, 3.8) is 0 Å². The van der Waals surface area contributed by atoms with Gasteiger partial charge in [0.05, 0.1) is 7.82 Å². The Morgan fingerprint density at radius 1 is 1.56 bits per heavy atom. The molecular formula is C3H10NO4P-2. The largest absolute Gasteiger partial charge is 0.790 e. The van der Waals surface area contributed by atoms with Gasteiger partial charge in [0, 0.05) is 6.61 Å². The van der Waals surface area contributed by atoms with Crippen LogP contribution in [0.4, 0.5) is 0 Å². The fourth-order valence-electron chi connectivity index (χ4n) is 0.158. The number of phosphoric acid groups is 1. The monoisotopic (exact) mass is 155 g/mol. The summed E-state index contributed by atoms with van der Waals surface area (Å²) in [5.41, 5.74) is 4.50. The summed E-state index contributed by atoms with van der Waals surface area (Å²) in [6.07, 6.45) is 0. The van der Waals surface area contributed by atoms with E-state index in [1.165, 1.54) is 14.0 Å². The molecule has 0 saturated carbocycles. The number of phosphoric ester groups is 1. The van der Waals surface area contributed by atoms with E-state index in [0.29, 0.717) is 0 Å². The zero-order chi connectivity index (χ0) is 7.91. The summed E-state index contributed by atoms with van der Waals surface area (Å²) in [7, 11) is -3.17. The number of rotatable bonds is 2. The normalized spacial score (nSPS) is 9.89. The van der Waals surface area contributed by atoms with Gasteiger partial charge in [-0.15, -0.1) is 0 Å². The fourth-order valence-corrected chi connectivity index (χ4v) is 0.474. The van der Waals surface area contributed by atoms with E-state index in [9.17, 15) is 14.4 Å². The summed E-state index contributed by atoms with van der Waals surface area (Å²) in [6.45, 7) is 1.35. The highest BCUT2D eigenvalue weighted by molar-refractivity contribution is 7.43. The Morgan fingerprint density at radius 3 is 1.89 bits per heavy atom. The summed E-state index contributed by atoms with van der Waals surface area (Å²) >= 11 is 0. The Kier molecular flexibility index (Phi) is 8.13. The zero-order valence-electron chi connectivity index (χ0n) is 5.36. The zero-order valence-corrected chi connectivity index (χ0v) is 6.26. The van der Waals surface area contributed by atoms with Crippen molar-refractivity contribution in [1.29, 1.82) is 0 Å². The third-order valence-electron chi connectivity index (χ3n) is 0.287. The number of hydrogen-bond donors (Lipinski definition) is 1. The maximum Gasteiger partial charge on any atom is 0.0596 e. The van der Waals surface area contributed by atoms with Gasteiger partial charge in [0.15, 0.2) is 0 Å². The van der Waals surface area contributed by atoms with E-state index in [1.807, 2.05) is 0 Å². The molecule has 0 saturated heterocycles. The van der Waals surface area contributed by atoms with Gasteiger partial charge in [-0.1, -0.05) is 0 Å². The van der Waals surface area contributed by atoms with Gasteiger partial charge >= 0.3 is 0 Å². The molecule has 0 unspecified atom stereocenters. The molecule has 0 aromatic rings. The van der Waals surface area contributed by atoms with Crippen LogP contribution in [0.15, 0.2) is 0 Å². The molecule has 0 amide bonds. The van der Waals surface area contributed by atoms with Crippen molar-refractivity contribution in [3.05, 3.63) is 0 Å². The minimum atomic E-state index is -4.67. The molecule has 0 rings (SSSR count). The van der Waals surface area contributed by atoms with Crippen LogP contribution in [-0.4, -0.2) is 13.7 Å². The molecule has 0 aliphatic rings. The Balaban J connectivity index is 0. The molecule has 0 radical (unpaired) electrons. The van der Waals surface area contributed by atoms with Crippen LogP contribution in [0.3, 0.4) is 0 Å². The Hall–Kier alpha value is 0.0700. The van der Waals surface area contributed by atoms with E-state index in [-0.39, 0.29) is 6.61 Å². The molecule has 0 aromatic carbocycles. The maximum atomic E-state index is 9.48. The Morgan fingerprint density at radius 2 is 1.89 bits per heavy atom. The minimum absolute atomic E-state index is 0.0791. The van der Waals surface area contributed by atoms with Crippen molar-refractivity contribution < 1.29 is 18.9 Å². The lowest BCUT2D eigenvalue weighted by Crippen LogP contribution is -2.15. The quantitative estimate of drug-likeness (QED) is 0.485. The summed E-state index contributed by atoms with van der Waals surface area (Å²) in [6, 6.07) is 0. The molecule has 0 aromatic heterocycles. The fraction of sp³-hybridized carbons (Fsp3) is 1.00. The summed E-state index contributed by atoms with van der Waals surface area (Å²) in [4.78, 5) is 19.0. The van der Waals surface area contributed by atoms with Crippen molar-refractivity contribution in [3.8, 4) is 0 Å². The molecule has 0 aliphatic heterocycles. The summed E-state index contributed by atoms with van der Waals surface area (Å²) < 4.78 is 13.2. The predicted molar refractivity (Wildman–Crippen MR) is 29.3 cm³/mol. The highest BCUT2D eigenvalue weighted by atomic mass is 31.2.